The number of aliphatic hydroxyl groups excluding tert-OH is 1. The van der Waals surface area contributed by atoms with Crippen molar-refractivity contribution in [2.24, 2.45) is 0 Å². The number of alkyl halides is 3. The number of benzene rings is 1. The lowest BCUT2D eigenvalue weighted by Gasteiger charge is -2.17. The Bertz CT molecular complexity index is 669. The van der Waals surface area contributed by atoms with Gasteiger partial charge in [0.2, 0.25) is 0 Å². The molecule has 0 aliphatic rings. The molecule has 0 bridgehead atoms. The van der Waals surface area contributed by atoms with Crippen molar-refractivity contribution >= 4 is 5.69 Å². The summed E-state index contributed by atoms with van der Waals surface area (Å²) in [5, 5.41) is 11.5. The van der Waals surface area contributed by atoms with Gasteiger partial charge in [-0.25, -0.2) is 4.98 Å². The fourth-order valence-corrected chi connectivity index (χ4v) is 2.29. The lowest BCUT2D eigenvalue weighted by Crippen LogP contribution is -2.14. The van der Waals surface area contributed by atoms with Gasteiger partial charge in [-0.3, -0.25) is 0 Å². The summed E-state index contributed by atoms with van der Waals surface area (Å²) in [6.07, 6.45) is -1.11. The summed E-state index contributed by atoms with van der Waals surface area (Å²) >= 11 is 0. The summed E-state index contributed by atoms with van der Waals surface area (Å²) in [5.41, 5.74) is -0.863. The number of nitrogens with one attached hydrogen (secondary N) is 1. The molecule has 0 unspecified atom stereocenters. The van der Waals surface area contributed by atoms with E-state index in [1.54, 1.807) is 12.4 Å². The number of aromatic nitrogens is 2. The number of rotatable bonds is 7. The molecule has 2 N–H and O–H groups in total. The molecule has 8 heteroatoms. The smallest absolute Gasteiger partial charge is 0.418 e. The van der Waals surface area contributed by atoms with Gasteiger partial charge in [0.1, 0.15) is 18.2 Å². The zero-order valence-corrected chi connectivity index (χ0v) is 13.5. The SMILES string of the molecule is CC(C)n1ccnc1CNc1ccc(OCCO)cc1C(F)(F)F. The van der Waals surface area contributed by atoms with E-state index in [1.807, 2.05) is 18.4 Å². The summed E-state index contributed by atoms with van der Waals surface area (Å²) in [4.78, 5) is 4.17. The Hall–Kier alpha value is -2.22. The minimum absolute atomic E-state index is 0.0443. The van der Waals surface area contributed by atoms with E-state index < -0.39 is 11.7 Å². The van der Waals surface area contributed by atoms with Gasteiger partial charge in [-0.2, -0.15) is 13.2 Å². The monoisotopic (exact) mass is 343 g/mol. The molecule has 2 aromatic rings. The number of nitrogens with zero attached hydrogens (tertiary/aromatic N) is 2. The van der Waals surface area contributed by atoms with E-state index in [4.69, 9.17) is 9.84 Å². The maximum Gasteiger partial charge on any atom is 0.418 e. The Labute approximate surface area is 138 Å². The number of aliphatic hydroxyl groups is 1. The minimum Gasteiger partial charge on any atom is -0.491 e. The topological polar surface area (TPSA) is 59.3 Å². The summed E-state index contributed by atoms with van der Waals surface area (Å²) in [6.45, 7) is 3.79. The third kappa shape index (κ3) is 4.41. The predicted molar refractivity (Wildman–Crippen MR) is 84.0 cm³/mol. The summed E-state index contributed by atoms with van der Waals surface area (Å²) in [7, 11) is 0. The van der Waals surface area contributed by atoms with Gasteiger partial charge >= 0.3 is 6.18 Å². The van der Waals surface area contributed by atoms with E-state index in [-0.39, 0.29) is 37.2 Å². The van der Waals surface area contributed by atoms with Crippen molar-refractivity contribution in [2.45, 2.75) is 32.6 Å². The summed E-state index contributed by atoms with van der Waals surface area (Å²) in [5.74, 6) is 0.712. The Morgan fingerprint density at radius 3 is 2.71 bits per heavy atom. The highest BCUT2D eigenvalue weighted by Crippen LogP contribution is 2.37. The van der Waals surface area contributed by atoms with Crippen molar-refractivity contribution < 1.29 is 23.0 Å². The zero-order valence-electron chi connectivity index (χ0n) is 13.5. The molecule has 0 aliphatic carbocycles. The Kier molecular flexibility index (Phi) is 5.71. The Morgan fingerprint density at radius 2 is 2.08 bits per heavy atom. The van der Waals surface area contributed by atoms with Crippen molar-refractivity contribution in [3.05, 3.63) is 42.0 Å². The van der Waals surface area contributed by atoms with Crippen molar-refractivity contribution in [1.29, 1.82) is 0 Å². The molecule has 1 aromatic carbocycles. The van der Waals surface area contributed by atoms with Crippen molar-refractivity contribution in [3.63, 3.8) is 0 Å². The number of hydrogen-bond acceptors (Lipinski definition) is 4. The van der Waals surface area contributed by atoms with Gasteiger partial charge < -0.3 is 19.7 Å². The zero-order chi connectivity index (χ0) is 17.7. The molecule has 0 saturated carbocycles. The largest absolute Gasteiger partial charge is 0.491 e. The van der Waals surface area contributed by atoms with Crippen LogP contribution < -0.4 is 10.1 Å². The highest BCUT2D eigenvalue weighted by molar-refractivity contribution is 5.55. The quantitative estimate of drug-likeness (QED) is 0.808. The van der Waals surface area contributed by atoms with Crippen LogP contribution >= 0.6 is 0 Å². The van der Waals surface area contributed by atoms with Gasteiger partial charge in [-0.15, -0.1) is 0 Å². The first-order valence-electron chi connectivity index (χ1n) is 7.53. The second-order valence-corrected chi connectivity index (χ2v) is 5.48. The molecule has 0 spiro atoms. The van der Waals surface area contributed by atoms with E-state index in [0.717, 1.165) is 6.07 Å². The molecule has 0 amide bonds. The molecule has 0 fully saturated rings. The molecular weight excluding hydrogens is 323 g/mol. The van der Waals surface area contributed by atoms with Crippen molar-refractivity contribution in [1.82, 2.24) is 9.55 Å². The van der Waals surface area contributed by atoms with Crippen LogP contribution in [0.15, 0.2) is 30.6 Å². The van der Waals surface area contributed by atoms with Gasteiger partial charge in [0.25, 0.3) is 0 Å². The molecule has 1 aromatic heterocycles. The fourth-order valence-electron chi connectivity index (χ4n) is 2.29. The number of ether oxygens (including phenoxy) is 1. The van der Waals surface area contributed by atoms with E-state index in [1.165, 1.54) is 12.1 Å². The molecule has 0 radical (unpaired) electrons. The van der Waals surface area contributed by atoms with Gasteiger partial charge in [0.15, 0.2) is 0 Å². The number of anilines is 1. The highest BCUT2D eigenvalue weighted by atomic mass is 19.4. The van der Waals surface area contributed by atoms with Gasteiger partial charge in [0, 0.05) is 24.1 Å². The van der Waals surface area contributed by atoms with E-state index >= 15 is 0 Å². The first-order valence-corrected chi connectivity index (χ1v) is 7.53. The first-order chi connectivity index (χ1) is 11.3. The van der Waals surface area contributed by atoms with Crippen molar-refractivity contribution in [3.8, 4) is 5.75 Å². The molecule has 0 atom stereocenters. The van der Waals surface area contributed by atoms with Gasteiger partial charge in [-0.05, 0) is 32.0 Å². The minimum atomic E-state index is -4.52. The molecule has 24 heavy (non-hydrogen) atoms. The Balaban J connectivity index is 2.21. The molecule has 1 heterocycles. The van der Waals surface area contributed by atoms with Crippen LogP contribution in [0.25, 0.3) is 0 Å². The molecular formula is C16H20F3N3O2. The summed E-state index contributed by atoms with van der Waals surface area (Å²) < 4.78 is 46.7. The molecule has 132 valence electrons. The van der Waals surface area contributed by atoms with Crippen LogP contribution in [0.1, 0.15) is 31.3 Å². The number of hydrogen-bond donors (Lipinski definition) is 2. The van der Waals surface area contributed by atoms with Crippen LogP contribution in [0.4, 0.5) is 18.9 Å². The first kappa shape index (κ1) is 18.1. The van der Waals surface area contributed by atoms with Crippen LogP contribution in [0.3, 0.4) is 0 Å². The average Bonchev–Trinajstić information content (AvgIpc) is 2.99. The number of imidazole rings is 1. The molecule has 5 nitrogen and oxygen atoms in total. The average molecular weight is 343 g/mol. The normalized spacial score (nSPS) is 11.8. The molecule has 0 aliphatic heterocycles. The van der Waals surface area contributed by atoms with Crippen LogP contribution in [0.2, 0.25) is 0 Å². The van der Waals surface area contributed by atoms with E-state index in [2.05, 4.69) is 10.3 Å². The predicted octanol–water partition coefficient (Wildman–Crippen LogP) is 3.47. The van der Waals surface area contributed by atoms with Crippen LogP contribution in [0.5, 0.6) is 5.75 Å². The van der Waals surface area contributed by atoms with Crippen molar-refractivity contribution in [2.75, 3.05) is 18.5 Å². The second kappa shape index (κ2) is 7.57. The highest BCUT2D eigenvalue weighted by Gasteiger charge is 2.34. The third-order valence-electron chi connectivity index (χ3n) is 3.40. The van der Waals surface area contributed by atoms with Crippen LogP contribution in [0, 0.1) is 0 Å². The van der Waals surface area contributed by atoms with Gasteiger partial charge in [0.05, 0.1) is 18.7 Å². The van der Waals surface area contributed by atoms with E-state index in [0.29, 0.717) is 5.82 Å². The lowest BCUT2D eigenvalue weighted by molar-refractivity contribution is -0.137. The fraction of sp³-hybridized carbons (Fsp3) is 0.438. The lowest BCUT2D eigenvalue weighted by atomic mass is 10.1. The maximum atomic E-state index is 13.3. The van der Waals surface area contributed by atoms with E-state index in [9.17, 15) is 13.2 Å². The second-order valence-electron chi connectivity index (χ2n) is 5.48. The van der Waals surface area contributed by atoms with Gasteiger partial charge in [-0.1, -0.05) is 0 Å². The maximum absolute atomic E-state index is 13.3. The molecule has 2 rings (SSSR count). The Morgan fingerprint density at radius 1 is 1.33 bits per heavy atom. The van der Waals surface area contributed by atoms with Crippen LogP contribution in [-0.2, 0) is 12.7 Å². The summed E-state index contributed by atoms with van der Waals surface area (Å²) in [6, 6.07) is 3.84. The van der Waals surface area contributed by atoms with Crippen LogP contribution in [-0.4, -0.2) is 27.9 Å². The number of halogens is 3. The molecule has 0 saturated heterocycles. The third-order valence-corrected chi connectivity index (χ3v) is 3.40. The standard InChI is InChI=1S/C16H20F3N3O2/c1-11(2)22-6-5-20-15(22)10-21-14-4-3-12(24-8-7-23)9-13(14)16(17,18)19/h3-6,9,11,21,23H,7-8,10H2,1-2H3.